The number of carbonyl (C=O) groups excluding carboxylic acids is 1. The van der Waals surface area contributed by atoms with Crippen LogP contribution in [0.25, 0.3) is 0 Å². The third kappa shape index (κ3) is 5.21. The van der Waals surface area contributed by atoms with Gasteiger partial charge in [0.1, 0.15) is 16.4 Å². The summed E-state index contributed by atoms with van der Waals surface area (Å²) in [6.45, 7) is 0.561. The van der Waals surface area contributed by atoms with Crippen molar-refractivity contribution in [1.82, 2.24) is 4.72 Å². The van der Waals surface area contributed by atoms with Gasteiger partial charge in [-0.25, -0.2) is 17.9 Å². The van der Waals surface area contributed by atoms with Gasteiger partial charge in [-0.1, -0.05) is 18.2 Å². The number of esters is 1. The second-order valence-electron chi connectivity index (χ2n) is 5.22. The highest BCUT2D eigenvalue weighted by Crippen LogP contribution is 2.25. The van der Waals surface area contributed by atoms with E-state index >= 15 is 0 Å². The van der Waals surface area contributed by atoms with Crippen molar-refractivity contribution < 1.29 is 27.4 Å². The maximum Gasteiger partial charge on any atom is 0.338 e. The number of sulfonamides is 1. The van der Waals surface area contributed by atoms with Crippen molar-refractivity contribution in [3.63, 3.8) is 0 Å². The highest BCUT2D eigenvalue weighted by molar-refractivity contribution is 7.89. The van der Waals surface area contributed by atoms with Gasteiger partial charge in [-0.3, -0.25) is 0 Å². The first-order valence-corrected chi connectivity index (χ1v) is 9.43. The molecule has 0 aliphatic heterocycles. The van der Waals surface area contributed by atoms with Crippen LogP contribution >= 0.6 is 0 Å². The first-order chi connectivity index (χ1) is 12.5. The molecule has 2 aromatic carbocycles. The lowest BCUT2D eigenvalue weighted by molar-refractivity contribution is 0.0485. The van der Waals surface area contributed by atoms with Gasteiger partial charge in [0.2, 0.25) is 10.0 Å². The van der Waals surface area contributed by atoms with E-state index in [0.29, 0.717) is 13.0 Å². The molecule has 0 saturated heterocycles. The van der Waals surface area contributed by atoms with Crippen LogP contribution in [-0.4, -0.2) is 41.8 Å². The lowest BCUT2D eigenvalue weighted by Crippen LogP contribution is -2.20. The molecular weight excluding hydrogens is 358 g/mol. The maximum atomic E-state index is 12.1. The highest BCUT2D eigenvalue weighted by Gasteiger charge is 2.20. The molecule has 2 aromatic rings. The molecule has 1 N–H and O–H groups in total. The number of hydrogen-bond donors (Lipinski definition) is 1. The third-order valence-electron chi connectivity index (χ3n) is 3.49. The molecule has 0 atom stereocenters. The monoisotopic (exact) mass is 379 g/mol. The Hall–Kier alpha value is -2.58. The van der Waals surface area contributed by atoms with Crippen molar-refractivity contribution in [2.24, 2.45) is 0 Å². The number of para-hydroxylation sites is 1. The van der Waals surface area contributed by atoms with E-state index in [9.17, 15) is 13.2 Å². The van der Waals surface area contributed by atoms with E-state index in [2.05, 4.69) is 4.72 Å². The lowest BCUT2D eigenvalue weighted by Gasteiger charge is -2.11. The molecule has 0 heterocycles. The number of hydrogen-bond acceptors (Lipinski definition) is 6. The molecule has 0 saturated carbocycles. The Morgan fingerprint density at radius 1 is 1.08 bits per heavy atom. The van der Waals surface area contributed by atoms with Crippen LogP contribution in [-0.2, 0) is 14.8 Å². The summed E-state index contributed by atoms with van der Waals surface area (Å²) in [6.07, 6.45) is 0.512. The fraction of sp³-hybridized carbons (Fsp3) is 0.278. The molecule has 26 heavy (non-hydrogen) atoms. The predicted octanol–water partition coefficient (Wildman–Crippen LogP) is 2.23. The Kier molecular flexibility index (Phi) is 6.99. The average Bonchev–Trinajstić information content (AvgIpc) is 2.67. The van der Waals surface area contributed by atoms with Crippen molar-refractivity contribution in [2.75, 3.05) is 27.4 Å². The van der Waals surface area contributed by atoms with E-state index in [-0.39, 0.29) is 22.8 Å². The number of ether oxygens (including phenoxy) is 3. The van der Waals surface area contributed by atoms with E-state index in [1.54, 1.807) is 0 Å². The predicted molar refractivity (Wildman–Crippen MR) is 96.1 cm³/mol. The summed E-state index contributed by atoms with van der Waals surface area (Å²) in [7, 11) is -1.12. The maximum absolute atomic E-state index is 12.1. The first-order valence-electron chi connectivity index (χ1n) is 7.94. The van der Waals surface area contributed by atoms with Gasteiger partial charge in [0.25, 0.3) is 0 Å². The molecule has 0 spiro atoms. The molecule has 0 radical (unpaired) electrons. The summed E-state index contributed by atoms with van der Waals surface area (Å²) in [5, 5.41) is 0. The van der Waals surface area contributed by atoms with Crippen molar-refractivity contribution in [1.29, 1.82) is 0 Å². The summed E-state index contributed by atoms with van der Waals surface area (Å²) >= 11 is 0. The van der Waals surface area contributed by atoms with Gasteiger partial charge in [-0.05, 0) is 37.4 Å². The van der Waals surface area contributed by atoms with Crippen LogP contribution in [0.3, 0.4) is 0 Å². The van der Waals surface area contributed by atoms with E-state index in [0.717, 1.165) is 5.75 Å². The van der Waals surface area contributed by atoms with Crippen LogP contribution in [0.15, 0.2) is 53.4 Å². The Balaban J connectivity index is 1.92. The minimum Gasteiger partial charge on any atom is -0.495 e. The zero-order chi connectivity index (χ0) is 19.0. The summed E-state index contributed by atoms with van der Waals surface area (Å²) in [6, 6.07) is 13.4. The molecule has 0 unspecified atom stereocenters. The Bertz CT molecular complexity index is 836. The molecule has 0 fully saturated rings. The van der Waals surface area contributed by atoms with Crippen LogP contribution in [0.4, 0.5) is 0 Å². The minimum atomic E-state index is -3.76. The second-order valence-corrected chi connectivity index (χ2v) is 7.08. The zero-order valence-corrected chi connectivity index (χ0v) is 15.4. The van der Waals surface area contributed by atoms with Gasteiger partial charge >= 0.3 is 5.97 Å². The normalized spacial score (nSPS) is 11.0. The van der Waals surface area contributed by atoms with E-state index in [1.807, 2.05) is 30.3 Å². The number of nitrogens with one attached hydrogen (secondary N) is 1. The van der Waals surface area contributed by atoms with Crippen molar-refractivity contribution in [3.05, 3.63) is 54.1 Å². The van der Waals surface area contributed by atoms with Gasteiger partial charge in [-0.15, -0.1) is 0 Å². The summed E-state index contributed by atoms with van der Waals surface area (Å²) in [4.78, 5) is 12.0. The molecule has 140 valence electrons. The standard InChI is InChI=1S/C18H21NO6S/c1-19-26(21,22)17-13-14(9-10-16(17)23-2)18(20)25-12-6-11-24-15-7-4-3-5-8-15/h3-5,7-10,13,19H,6,11-12H2,1-2H3. The van der Waals surface area contributed by atoms with Gasteiger partial charge < -0.3 is 14.2 Å². The average molecular weight is 379 g/mol. The molecule has 8 heteroatoms. The first kappa shape index (κ1) is 19.7. The van der Waals surface area contributed by atoms with E-state index < -0.39 is 16.0 Å². The molecule has 7 nitrogen and oxygen atoms in total. The highest BCUT2D eigenvalue weighted by atomic mass is 32.2. The summed E-state index contributed by atoms with van der Waals surface area (Å²) in [5.41, 5.74) is 0.128. The van der Waals surface area contributed by atoms with Gasteiger partial charge in [-0.2, -0.15) is 0 Å². The van der Waals surface area contributed by atoms with Crippen molar-refractivity contribution >= 4 is 16.0 Å². The number of methoxy groups -OCH3 is 1. The number of carbonyl (C=O) groups is 1. The van der Waals surface area contributed by atoms with Crippen LogP contribution in [0, 0.1) is 0 Å². The molecule has 0 aromatic heterocycles. The fourth-order valence-electron chi connectivity index (χ4n) is 2.14. The van der Waals surface area contributed by atoms with Crippen molar-refractivity contribution in [3.8, 4) is 11.5 Å². The molecule has 0 bridgehead atoms. The number of benzene rings is 2. The summed E-state index contributed by atoms with van der Waals surface area (Å²) < 4.78 is 42.0. The van der Waals surface area contributed by atoms with Gasteiger partial charge in [0.15, 0.2) is 0 Å². The SMILES string of the molecule is CNS(=O)(=O)c1cc(C(=O)OCCCOc2ccccc2)ccc1OC. The van der Waals surface area contributed by atoms with Crippen molar-refractivity contribution in [2.45, 2.75) is 11.3 Å². The largest absolute Gasteiger partial charge is 0.495 e. The Morgan fingerprint density at radius 3 is 2.46 bits per heavy atom. The van der Waals surface area contributed by atoms with Crippen LogP contribution in [0.1, 0.15) is 16.8 Å². The van der Waals surface area contributed by atoms with E-state index in [1.165, 1.54) is 32.4 Å². The smallest absolute Gasteiger partial charge is 0.338 e. The topological polar surface area (TPSA) is 90.9 Å². The number of rotatable bonds is 9. The molecule has 0 aliphatic rings. The fourth-order valence-corrected chi connectivity index (χ4v) is 3.06. The molecule has 0 aliphatic carbocycles. The summed E-state index contributed by atoms with van der Waals surface area (Å²) in [5.74, 6) is 0.281. The zero-order valence-electron chi connectivity index (χ0n) is 14.6. The van der Waals surface area contributed by atoms with Crippen LogP contribution < -0.4 is 14.2 Å². The second kappa shape index (κ2) is 9.21. The molecular formula is C18H21NO6S. The Labute approximate surface area is 152 Å². The quantitative estimate of drug-likeness (QED) is 0.531. The lowest BCUT2D eigenvalue weighted by atomic mass is 10.2. The Morgan fingerprint density at radius 2 is 1.81 bits per heavy atom. The van der Waals surface area contributed by atoms with Crippen LogP contribution in [0.5, 0.6) is 11.5 Å². The van der Waals surface area contributed by atoms with Crippen LogP contribution in [0.2, 0.25) is 0 Å². The van der Waals surface area contributed by atoms with Gasteiger partial charge in [0, 0.05) is 6.42 Å². The van der Waals surface area contributed by atoms with E-state index in [4.69, 9.17) is 14.2 Å². The van der Waals surface area contributed by atoms with Gasteiger partial charge in [0.05, 0.1) is 25.9 Å². The molecule has 2 rings (SSSR count). The minimum absolute atomic E-state index is 0.121. The third-order valence-corrected chi connectivity index (χ3v) is 4.93. The molecule has 0 amide bonds.